The maximum atomic E-state index is 11.9. The van der Waals surface area contributed by atoms with Crippen LogP contribution in [0.2, 0.25) is 0 Å². The summed E-state index contributed by atoms with van der Waals surface area (Å²) in [7, 11) is 0. The van der Waals surface area contributed by atoms with Crippen LogP contribution in [0.3, 0.4) is 0 Å². The predicted molar refractivity (Wildman–Crippen MR) is 89.9 cm³/mol. The third-order valence-electron chi connectivity index (χ3n) is 3.80. The topological polar surface area (TPSA) is 103 Å². The molecular weight excluding hydrogens is 308 g/mol. The van der Waals surface area contributed by atoms with E-state index in [-0.39, 0.29) is 18.1 Å². The number of rotatable bonds is 4. The Bertz CT molecular complexity index is 844. The van der Waals surface area contributed by atoms with E-state index in [1.165, 1.54) is 6.21 Å². The van der Waals surface area contributed by atoms with Crippen molar-refractivity contribution in [2.45, 2.75) is 6.42 Å². The summed E-state index contributed by atoms with van der Waals surface area (Å²) < 4.78 is 0. The summed E-state index contributed by atoms with van der Waals surface area (Å²) in [6.07, 6.45) is 1.33. The molecule has 122 valence electrons. The lowest BCUT2D eigenvalue weighted by atomic mass is 10.0. The largest absolute Gasteiger partial charge is 0.507 e. The van der Waals surface area contributed by atoms with Crippen LogP contribution in [0.4, 0.5) is 0 Å². The fraction of sp³-hybridized carbons (Fsp3) is 0.118. The van der Waals surface area contributed by atoms with E-state index in [0.717, 1.165) is 10.8 Å². The Labute approximate surface area is 138 Å². The summed E-state index contributed by atoms with van der Waals surface area (Å²) in [6, 6.07) is 10.9. The van der Waals surface area contributed by atoms with Crippen molar-refractivity contribution in [3.63, 3.8) is 0 Å². The van der Waals surface area contributed by atoms with Crippen LogP contribution < -0.4 is 16.3 Å². The molecule has 2 aromatic carbocycles. The van der Waals surface area contributed by atoms with Gasteiger partial charge in [-0.25, -0.2) is 5.43 Å². The average molecular weight is 324 g/mol. The van der Waals surface area contributed by atoms with Gasteiger partial charge < -0.3 is 10.5 Å². The van der Waals surface area contributed by atoms with Gasteiger partial charge in [-0.05, 0) is 16.8 Å². The molecule has 0 spiro atoms. The number of nitrogens with zero attached hydrogens (tertiary/aromatic N) is 1. The lowest BCUT2D eigenvalue weighted by molar-refractivity contribution is -0.127. The number of aromatic hydroxyl groups is 1. The predicted octanol–water partition coefficient (Wildman–Crippen LogP) is 1.15. The number of benzene rings is 2. The summed E-state index contributed by atoms with van der Waals surface area (Å²) in [5.41, 5.74) is 8.31. The van der Waals surface area contributed by atoms with Crippen LogP contribution in [0.25, 0.3) is 10.8 Å². The molecule has 3 rings (SSSR count). The fourth-order valence-electron chi connectivity index (χ4n) is 2.51. The average Bonchev–Trinajstić information content (AvgIpc) is 2.89. The molecule has 7 nitrogen and oxygen atoms in total. The second kappa shape index (κ2) is 6.41. The molecular formula is C17H16N4O3. The molecule has 1 aliphatic rings. The molecule has 0 bridgehead atoms. The van der Waals surface area contributed by atoms with Gasteiger partial charge in [0.15, 0.2) is 0 Å². The third-order valence-corrected chi connectivity index (χ3v) is 3.80. The molecule has 0 aromatic heterocycles. The Balaban J connectivity index is 1.71. The molecule has 1 aliphatic heterocycles. The molecule has 2 amide bonds. The Hall–Kier alpha value is -3.35. The first-order valence-corrected chi connectivity index (χ1v) is 7.33. The Morgan fingerprint density at radius 3 is 2.83 bits per heavy atom. The van der Waals surface area contributed by atoms with E-state index in [1.807, 2.05) is 24.3 Å². The van der Waals surface area contributed by atoms with Crippen molar-refractivity contribution in [3.8, 4) is 5.75 Å². The van der Waals surface area contributed by atoms with Crippen LogP contribution in [0, 0.1) is 5.92 Å². The second-order valence-corrected chi connectivity index (χ2v) is 5.41. The SMILES string of the molecule is C=C1NNC(=O)C1CC(=O)N/N=C/c1c(O)ccc2ccccc12. The van der Waals surface area contributed by atoms with Crippen LogP contribution in [0.1, 0.15) is 12.0 Å². The first-order valence-electron chi connectivity index (χ1n) is 7.33. The quantitative estimate of drug-likeness (QED) is 0.500. The minimum Gasteiger partial charge on any atom is -0.507 e. The van der Waals surface area contributed by atoms with Gasteiger partial charge in [0, 0.05) is 17.7 Å². The zero-order chi connectivity index (χ0) is 17.1. The van der Waals surface area contributed by atoms with Gasteiger partial charge in [-0.2, -0.15) is 5.10 Å². The Morgan fingerprint density at radius 2 is 2.08 bits per heavy atom. The minimum atomic E-state index is -0.619. The maximum absolute atomic E-state index is 11.9. The third kappa shape index (κ3) is 3.05. The van der Waals surface area contributed by atoms with E-state index in [0.29, 0.717) is 11.3 Å². The lowest BCUT2D eigenvalue weighted by Gasteiger charge is -2.06. The fourth-order valence-corrected chi connectivity index (χ4v) is 2.51. The number of hydrazine groups is 1. The van der Waals surface area contributed by atoms with Crippen molar-refractivity contribution >= 4 is 28.8 Å². The van der Waals surface area contributed by atoms with Crippen LogP contribution >= 0.6 is 0 Å². The summed E-state index contributed by atoms with van der Waals surface area (Å²) in [5.74, 6) is -1.27. The lowest BCUT2D eigenvalue weighted by Crippen LogP contribution is -2.27. The molecule has 4 N–H and O–H groups in total. The normalized spacial score (nSPS) is 17.1. The van der Waals surface area contributed by atoms with E-state index in [9.17, 15) is 14.7 Å². The van der Waals surface area contributed by atoms with Gasteiger partial charge in [-0.15, -0.1) is 0 Å². The summed E-state index contributed by atoms with van der Waals surface area (Å²) in [4.78, 5) is 23.4. The van der Waals surface area contributed by atoms with Crippen molar-refractivity contribution in [2.75, 3.05) is 0 Å². The van der Waals surface area contributed by atoms with Crippen molar-refractivity contribution in [1.82, 2.24) is 16.3 Å². The number of carbonyl (C=O) groups excluding carboxylic acids is 2. The smallest absolute Gasteiger partial charge is 0.247 e. The zero-order valence-corrected chi connectivity index (χ0v) is 12.7. The molecule has 1 unspecified atom stereocenters. The number of hydrazone groups is 1. The van der Waals surface area contributed by atoms with E-state index < -0.39 is 11.8 Å². The molecule has 0 radical (unpaired) electrons. The molecule has 7 heteroatoms. The first-order chi connectivity index (χ1) is 11.6. The highest BCUT2D eigenvalue weighted by Crippen LogP contribution is 2.25. The summed E-state index contributed by atoms with van der Waals surface area (Å²) in [5, 5.41) is 15.6. The van der Waals surface area contributed by atoms with Gasteiger partial charge in [0.05, 0.1) is 12.1 Å². The first kappa shape index (κ1) is 15.5. The summed E-state index contributed by atoms with van der Waals surface area (Å²) >= 11 is 0. The van der Waals surface area contributed by atoms with Crippen LogP contribution in [0.15, 0.2) is 53.8 Å². The number of fused-ring (bicyclic) bond motifs is 1. The van der Waals surface area contributed by atoms with E-state index in [1.54, 1.807) is 12.1 Å². The van der Waals surface area contributed by atoms with Gasteiger partial charge in [0.1, 0.15) is 5.75 Å². The zero-order valence-electron chi connectivity index (χ0n) is 12.7. The number of phenols is 1. The number of carbonyl (C=O) groups is 2. The van der Waals surface area contributed by atoms with Crippen molar-refractivity contribution in [2.24, 2.45) is 11.0 Å². The number of hydrogen-bond acceptors (Lipinski definition) is 5. The second-order valence-electron chi connectivity index (χ2n) is 5.41. The molecule has 2 aromatic rings. The Kier molecular flexibility index (Phi) is 4.15. The number of amides is 2. The standard InChI is InChI=1S/C17H16N4O3/c1-10-13(17(24)21-19-10)8-16(23)20-18-9-14-12-5-3-2-4-11(12)6-7-15(14)22/h2-7,9,13,19,22H,1,8H2,(H,20,23)(H,21,24)/b18-9+. The summed E-state index contributed by atoms with van der Waals surface area (Å²) in [6.45, 7) is 3.67. The molecule has 0 aliphatic carbocycles. The highest BCUT2D eigenvalue weighted by molar-refractivity contribution is 6.02. The highest BCUT2D eigenvalue weighted by atomic mass is 16.3. The minimum absolute atomic E-state index is 0.0590. The van der Waals surface area contributed by atoms with Gasteiger partial charge in [0.25, 0.3) is 0 Å². The van der Waals surface area contributed by atoms with E-state index in [4.69, 9.17) is 0 Å². The van der Waals surface area contributed by atoms with Gasteiger partial charge in [-0.3, -0.25) is 15.0 Å². The highest BCUT2D eigenvalue weighted by Gasteiger charge is 2.29. The van der Waals surface area contributed by atoms with E-state index in [2.05, 4.69) is 28.0 Å². The molecule has 1 heterocycles. The number of phenolic OH excluding ortho intramolecular Hbond substituents is 1. The van der Waals surface area contributed by atoms with Gasteiger partial charge >= 0.3 is 0 Å². The van der Waals surface area contributed by atoms with Crippen molar-refractivity contribution < 1.29 is 14.7 Å². The molecule has 1 saturated heterocycles. The maximum Gasteiger partial charge on any atom is 0.247 e. The number of nitrogens with one attached hydrogen (secondary N) is 3. The van der Waals surface area contributed by atoms with Gasteiger partial charge in [0.2, 0.25) is 11.8 Å². The van der Waals surface area contributed by atoms with E-state index >= 15 is 0 Å². The molecule has 1 fully saturated rings. The Morgan fingerprint density at radius 1 is 1.29 bits per heavy atom. The van der Waals surface area contributed by atoms with Gasteiger partial charge in [-0.1, -0.05) is 36.9 Å². The van der Waals surface area contributed by atoms with Crippen molar-refractivity contribution in [1.29, 1.82) is 0 Å². The molecule has 24 heavy (non-hydrogen) atoms. The van der Waals surface area contributed by atoms with Crippen molar-refractivity contribution in [3.05, 3.63) is 54.2 Å². The van der Waals surface area contributed by atoms with Crippen LogP contribution in [-0.4, -0.2) is 23.1 Å². The number of hydrogen-bond donors (Lipinski definition) is 4. The molecule has 1 atom stereocenters. The monoisotopic (exact) mass is 324 g/mol. The van der Waals surface area contributed by atoms with Crippen LogP contribution in [0.5, 0.6) is 5.75 Å². The van der Waals surface area contributed by atoms with Crippen LogP contribution in [-0.2, 0) is 9.59 Å². The molecule has 0 saturated carbocycles.